The average Bonchev–Trinajstić information content (AvgIpc) is 2.70. The van der Waals surface area contributed by atoms with Gasteiger partial charge in [-0.05, 0) is 46.0 Å². The molecule has 0 aromatic carbocycles. The van der Waals surface area contributed by atoms with E-state index in [1.165, 1.54) is 19.3 Å². The first-order valence-corrected chi connectivity index (χ1v) is 6.56. The van der Waals surface area contributed by atoms with Crippen LogP contribution in [0.25, 0.3) is 0 Å². The SMILES string of the molecule is C=C(/C(=C/C)N=C(C)C)N(C)C1CCC(C)C1. The molecule has 1 fully saturated rings. The van der Waals surface area contributed by atoms with Crippen molar-refractivity contribution >= 4 is 5.71 Å². The van der Waals surface area contributed by atoms with E-state index < -0.39 is 0 Å². The molecule has 17 heavy (non-hydrogen) atoms. The van der Waals surface area contributed by atoms with Crippen molar-refractivity contribution in [1.29, 1.82) is 0 Å². The smallest absolute Gasteiger partial charge is 0.0813 e. The topological polar surface area (TPSA) is 15.6 Å². The predicted molar refractivity (Wildman–Crippen MR) is 76.2 cm³/mol. The zero-order chi connectivity index (χ0) is 13.0. The van der Waals surface area contributed by atoms with Crippen LogP contribution in [0.4, 0.5) is 0 Å². The summed E-state index contributed by atoms with van der Waals surface area (Å²) in [6.45, 7) is 12.6. The lowest BCUT2D eigenvalue weighted by Gasteiger charge is -2.28. The van der Waals surface area contributed by atoms with Crippen molar-refractivity contribution in [3.63, 3.8) is 0 Å². The van der Waals surface area contributed by atoms with Gasteiger partial charge in [0.25, 0.3) is 0 Å². The summed E-state index contributed by atoms with van der Waals surface area (Å²) >= 11 is 0. The van der Waals surface area contributed by atoms with E-state index in [2.05, 4.69) is 30.4 Å². The maximum absolute atomic E-state index is 4.54. The summed E-state index contributed by atoms with van der Waals surface area (Å²) in [5.74, 6) is 0.848. The van der Waals surface area contributed by atoms with Gasteiger partial charge < -0.3 is 4.90 Å². The normalized spacial score (nSPS) is 24.6. The van der Waals surface area contributed by atoms with E-state index in [-0.39, 0.29) is 0 Å². The molecule has 0 spiro atoms. The average molecular weight is 234 g/mol. The summed E-state index contributed by atoms with van der Waals surface area (Å²) in [6.07, 6.45) is 5.94. The molecule has 0 amide bonds. The van der Waals surface area contributed by atoms with Gasteiger partial charge >= 0.3 is 0 Å². The number of allylic oxidation sites excluding steroid dienone is 1. The van der Waals surface area contributed by atoms with E-state index in [4.69, 9.17) is 0 Å². The maximum Gasteiger partial charge on any atom is 0.0813 e. The Kier molecular flexibility index (Phi) is 4.98. The Labute approximate surface area is 106 Å². The Bertz CT molecular complexity index is 335. The predicted octanol–water partition coefficient (Wildman–Crippen LogP) is 4.01. The number of hydrogen-bond acceptors (Lipinski definition) is 2. The lowest BCUT2D eigenvalue weighted by atomic mass is 10.1. The van der Waals surface area contributed by atoms with Gasteiger partial charge in [-0.1, -0.05) is 19.6 Å². The molecule has 0 aromatic heterocycles. The molecule has 0 aromatic rings. The molecule has 2 nitrogen and oxygen atoms in total. The zero-order valence-electron chi connectivity index (χ0n) is 12.0. The van der Waals surface area contributed by atoms with Crippen LogP contribution in [0, 0.1) is 5.92 Å². The molecule has 0 radical (unpaired) electrons. The highest BCUT2D eigenvalue weighted by Crippen LogP contribution is 2.31. The number of rotatable bonds is 4. The van der Waals surface area contributed by atoms with Crippen LogP contribution in [0.1, 0.15) is 47.0 Å². The van der Waals surface area contributed by atoms with Gasteiger partial charge in [0.2, 0.25) is 0 Å². The summed E-state index contributed by atoms with van der Waals surface area (Å²) < 4.78 is 0. The van der Waals surface area contributed by atoms with Gasteiger partial charge in [-0.3, -0.25) is 4.99 Å². The zero-order valence-corrected chi connectivity index (χ0v) is 12.0. The van der Waals surface area contributed by atoms with Gasteiger partial charge in [0, 0.05) is 18.8 Å². The fraction of sp³-hybridized carbons (Fsp3) is 0.667. The third-order valence-corrected chi connectivity index (χ3v) is 3.55. The standard InChI is InChI=1S/C15H26N2/c1-7-15(16-11(2)3)13(5)17(6)14-9-8-12(4)10-14/h7,12,14H,5,8-10H2,1-4,6H3/b15-7-. The van der Waals surface area contributed by atoms with Crippen LogP contribution in [0.15, 0.2) is 29.0 Å². The van der Waals surface area contributed by atoms with E-state index in [9.17, 15) is 0 Å². The first kappa shape index (κ1) is 14.0. The van der Waals surface area contributed by atoms with E-state index in [0.29, 0.717) is 6.04 Å². The van der Waals surface area contributed by atoms with Crippen molar-refractivity contribution in [2.45, 2.75) is 53.0 Å². The number of hydrogen-bond donors (Lipinski definition) is 0. The molecule has 0 bridgehead atoms. The number of aliphatic imine (C=N–C) groups is 1. The van der Waals surface area contributed by atoms with Crippen LogP contribution < -0.4 is 0 Å². The molecule has 2 heteroatoms. The van der Waals surface area contributed by atoms with Crippen molar-refractivity contribution in [2.24, 2.45) is 10.9 Å². The summed E-state index contributed by atoms with van der Waals surface area (Å²) in [5.41, 5.74) is 3.13. The van der Waals surface area contributed by atoms with Crippen LogP contribution in [0.2, 0.25) is 0 Å². The van der Waals surface area contributed by atoms with Crippen LogP contribution in [0.5, 0.6) is 0 Å². The minimum Gasteiger partial charge on any atom is -0.370 e. The van der Waals surface area contributed by atoms with Gasteiger partial charge in [-0.15, -0.1) is 0 Å². The van der Waals surface area contributed by atoms with Gasteiger partial charge in [0.1, 0.15) is 0 Å². The minimum atomic E-state index is 0.639. The Morgan fingerprint density at radius 2 is 2.00 bits per heavy atom. The largest absolute Gasteiger partial charge is 0.370 e. The second-order valence-corrected chi connectivity index (χ2v) is 5.36. The first-order chi connectivity index (χ1) is 7.95. The summed E-state index contributed by atoms with van der Waals surface area (Å²) in [5, 5.41) is 0. The summed E-state index contributed by atoms with van der Waals surface area (Å²) in [4.78, 5) is 6.85. The van der Waals surface area contributed by atoms with E-state index in [1.54, 1.807) is 0 Å². The van der Waals surface area contributed by atoms with Gasteiger partial charge in [0.05, 0.1) is 11.4 Å². The van der Waals surface area contributed by atoms with E-state index in [1.807, 2.05) is 26.8 Å². The van der Waals surface area contributed by atoms with Crippen LogP contribution >= 0.6 is 0 Å². The quantitative estimate of drug-likeness (QED) is 0.530. The molecule has 0 N–H and O–H groups in total. The highest BCUT2D eigenvalue weighted by Gasteiger charge is 2.26. The third-order valence-electron chi connectivity index (χ3n) is 3.55. The van der Waals surface area contributed by atoms with Crippen LogP contribution in [0.3, 0.4) is 0 Å². The molecule has 2 unspecified atom stereocenters. The minimum absolute atomic E-state index is 0.639. The molecule has 0 aliphatic heterocycles. The molecule has 0 saturated heterocycles. The molecule has 1 aliphatic carbocycles. The summed E-state index contributed by atoms with van der Waals surface area (Å²) in [6, 6.07) is 0.639. The highest BCUT2D eigenvalue weighted by atomic mass is 15.2. The Hall–Kier alpha value is -1.05. The molecule has 1 rings (SSSR count). The summed E-state index contributed by atoms with van der Waals surface area (Å²) in [7, 11) is 2.15. The monoisotopic (exact) mass is 234 g/mol. The Balaban J connectivity index is 2.72. The number of nitrogens with zero attached hydrogens (tertiary/aromatic N) is 2. The Morgan fingerprint density at radius 3 is 2.41 bits per heavy atom. The van der Waals surface area contributed by atoms with Gasteiger partial charge in [0.15, 0.2) is 0 Å². The van der Waals surface area contributed by atoms with Crippen molar-refractivity contribution < 1.29 is 0 Å². The van der Waals surface area contributed by atoms with Crippen molar-refractivity contribution in [2.75, 3.05) is 7.05 Å². The van der Waals surface area contributed by atoms with Crippen molar-refractivity contribution in [1.82, 2.24) is 4.90 Å². The van der Waals surface area contributed by atoms with Gasteiger partial charge in [-0.2, -0.15) is 0 Å². The van der Waals surface area contributed by atoms with Crippen molar-refractivity contribution in [3.05, 3.63) is 24.0 Å². The van der Waals surface area contributed by atoms with Crippen molar-refractivity contribution in [3.8, 4) is 0 Å². The van der Waals surface area contributed by atoms with Crippen LogP contribution in [-0.2, 0) is 0 Å². The third kappa shape index (κ3) is 3.72. The molecule has 96 valence electrons. The second kappa shape index (κ2) is 6.04. The fourth-order valence-electron chi connectivity index (χ4n) is 2.47. The molecule has 1 aliphatic rings. The maximum atomic E-state index is 4.54. The van der Waals surface area contributed by atoms with Gasteiger partial charge in [-0.25, -0.2) is 0 Å². The molecule has 2 atom stereocenters. The fourth-order valence-corrected chi connectivity index (χ4v) is 2.47. The van der Waals surface area contributed by atoms with E-state index >= 15 is 0 Å². The van der Waals surface area contributed by atoms with Crippen LogP contribution in [-0.4, -0.2) is 23.7 Å². The van der Waals surface area contributed by atoms with E-state index in [0.717, 1.165) is 23.0 Å². The highest BCUT2D eigenvalue weighted by molar-refractivity contribution is 5.80. The lowest BCUT2D eigenvalue weighted by molar-refractivity contribution is 0.307. The molecule has 1 saturated carbocycles. The lowest BCUT2D eigenvalue weighted by Crippen LogP contribution is -2.29. The number of likely N-dealkylation sites (N-methyl/N-ethyl adjacent to an activating group) is 1. The second-order valence-electron chi connectivity index (χ2n) is 5.36. The molecular formula is C15H26N2. The Morgan fingerprint density at radius 1 is 1.35 bits per heavy atom. The molecular weight excluding hydrogens is 208 g/mol. The first-order valence-electron chi connectivity index (χ1n) is 6.56. The molecule has 0 heterocycles.